The van der Waals surface area contributed by atoms with Crippen LogP contribution in [0.2, 0.25) is 10.0 Å². The minimum atomic E-state index is -3.70. The first kappa shape index (κ1) is 15.8. The molecule has 2 rings (SSSR count). The van der Waals surface area contributed by atoms with E-state index in [2.05, 4.69) is 4.72 Å². The van der Waals surface area contributed by atoms with Crippen molar-refractivity contribution < 1.29 is 8.42 Å². The van der Waals surface area contributed by atoms with Gasteiger partial charge in [-0.2, -0.15) is 5.26 Å². The van der Waals surface area contributed by atoms with Gasteiger partial charge >= 0.3 is 0 Å². The lowest BCUT2D eigenvalue weighted by Crippen LogP contribution is -2.23. The molecule has 0 saturated carbocycles. The maximum atomic E-state index is 12.2. The third-order valence-corrected chi connectivity index (χ3v) is 4.50. The predicted octanol–water partition coefficient (Wildman–Crippen LogP) is 3.34. The fraction of sp³-hybridized carbons (Fsp3) is 0.0714. The third-order valence-electron chi connectivity index (χ3n) is 2.66. The van der Waals surface area contributed by atoms with Crippen LogP contribution in [0.4, 0.5) is 0 Å². The van der Waals surface area contributed by atoms with Crippen molar-refractivity contribution in [1.29, 1.82) is 5.26 Å². The molecule has 0 spiro atoms. The van der Waals surface area contributed by atoms with Crippen LogP contribution >= 0.6 is 23.2 Å². The Morgan fingerprint density at radius 2 is 1.76 bits per heavy atom. The summed E-state index contributed by atoms with van der Waals surface area (Å²) in [5.41, 5.74) is 0.927. The van der Waals surface area contributed by atoms with Crippen LogP contribution in [0, 0.1) is 11.3 Å². The van der Waals surface area contributed by atoms with Crippen LogP contribution in [-0.2, 0) is 16.6 Å². The first-order chi connectivity index (χ1) is 9.90. The summed E-state index contributed by atoms with van der Waals surface area (Å²) in [7, 11) is -3.70. The number of hydrogen-bond acceptors (Lipinski definition) is 3. The molecule has 0 aliphatic carbocycles. The average molecular weight is 341 g/mol. The molecule has 0 aliphatic heterocycles. The van der Waals surface area contributed by atoms with Gasteiger partial charge in [-0.05, 0) is 42.0 Å². The molecule has 0 unspecified atom stereocenters. The zero-order valence-corrected chi connectivity index (χ0v) is 13.0. The lowest BCUT2D eigenvalue weighted by molar-refractivity contribution is 0.581. The first-order valence-electron chi connectivity index (χ1n) is 5.85. The summed E-state index contributed by atoms with van der Waals surface area (Å²) in [5.74, 6) is 0. The van der Waals surface area contributed by atoms with Gasteiger partial charge in [-0.3, -0.25) is 0 Å². The fourth-order valence-electron chi connectivity index (χ4n) is 1.71. The smallest absolute Gasteiger partial charge is 0.207 e. The molecular formula is C14H10Cl2N2O2S. The van der Waals surface area contributed by atoms with E-state index in [0.29, 0.717) is 15.6 Å². The van der Waals surface area contributed by atoms with E-state index in [0.717, 1.165) is 0 Å². The molecule has 0 bridgehead atoms. The molecular weight excluding hydrogens is 331 g/mol. The van der Waals surface area contributed by atoms with E-state index in [9.17, 15) is 8.42 Å². The monoisotopic (exact) mass is 340 g/mol. The Morgan fingerprint density at radius 1 is 1.10 bits per heavy atom. The Bertz CT molecular complexity index is 794. The molecule has 2 aromatic rings. The van der Waals surface area contributed by atoms with Crippen LogP contribution in [0.3, 0.4) is 0 Å². The Morgan fingerprint density at radius 3 is 2.38 bits per heavy atom. The molecule has 0 amide bonds. The van der Waals surface area contributed by atoms with Crippen LogP contribution in [-0.4, -0.2) is 8.42 Å². The van der Waals surface area contributed by atoms with E-state index in [1.807, 2.05) is 6.07 Å². The van der Waals surface area contributed by atoms with Crippen molar-refractivity contribution in [3.8, 4) is 6.07 Å². The Balaban J connectivity index is 2.19. The van der Waals surface area contributed by atoms with E-state index in [1.165, 1.54) is 24.3 Å². The molecule has 0 saturated heterocycles. The Labute approximate surface area is 133 Å². The number of benzene rings is 2. The molecule has 0 fully saturated rings. The average Bonchev–Trinajstić information content (AvgIpc) is 2.44. The molecule has 0 aliphatic rings. The quantitative estimate of drug-likeness (QED) is 0.927. The van der Waals surface area contributed by atoms with Gasteiger partial charge in [0.15, 0.2) is 0 Å². The normalized spacial score (nSPS) is 11.1. The third kappa shape index (κ3) is 4.19. The van der Waals surface area contributed by atoms with Crippen LogP contribution in [0.1, 0.15) is 11.1 Å². The van der Waals surface area contributed by atoms with E-state index >= 15 is 0 Å². The number of nitriles is 1. The van der Waals surface area contributed by atoms with Gasteiger partial charge < -0.3 is 0 Å². The molecule has 4 nitrogen and oxygen atoms in total. The maximum Gasteiger partial charge on any atom is 0.240 e. The van der Waals surface area contributed by atoms with E-state index in [1.54, 1.807) is 18.2 Å². The largest absolute Gasteiger partial charge is 0.240 e. The summed E-state index contributed by atoms with van der Waals surface area (Å²) in [6.45, 7) is 0.0550. The number of rotatable bonds is 4. The maximum absolute atomic E-state index is 12.2. The Hall–Kier alpha value is -1.58. The first-order valence-corrected chi connectivity index (χ1v) is 8.09. The lowest BCUT2D eigenvalue weighted by Gasteiger charge is -2.08. The number of nitrogens with one attached hydrogen (secondary N) is 1. The molecule has 108 valence electrons. The summed E-state index contributed by atoms with van der Waals surface area (Å²) in [6.07, 6.45) is 0. The standard InChI is InChI=1S/C14H10Cl2N2O2S/c15-12-4-11(5-13(16)7-12)9-18-21(19,20)14-3-1-2-10(6-14)8-17/h1-7,18H,9H2. The second-order valence-corrected chi connectivity index (χ2v) is 6.88. The summed E-state index contributed by atoms with van der Waals surface area (Å²) in [5, 5.41) is 9.67. The number of nitrogens with zero attached hydrogens (tertiary/aromatic N) is 1. The van der Waals surface area contributed by atoms with Crippen LogP contribution in [0.5, 0.6) is 0 Å². The fourth-order valence-corrected chi connectivity index (χ4v) is 3.34. The zero-order chi connectivity index (χ0) is 15.5. The summed E-state index contributed by atoms with van der Waals surface area (Å²) in [4.78, 5) is 0.0367. The predicted molar refractivity (Wildman–Crippen MR) is 81.6 cm³/mol. The zero-order valence-electron chi connectivity index (χ0n) is 10.7. The molecule has 0 aromatic heterocycles. The van der Waals surface area contributed by atoms with Crippen LogP contribution < -0.4 is 4.72 Å². The van der Waals surface area contributed by atoms with Gasteiger partial charge in [-0.25, -0.2) is 13.1 Å². The topological polar surface area (TPSA) is 70.0 Å². The number of hydrogen-bond donors (Lipinski definition) is 1. The number of sulfonamides is 1. The van der Waals surface area contributed by atoms with Crippen molar-refractivity contribution in [2.24, 2.45) is 0 Å². The molecule has 0 radical (unpaired) electrons. The van der Waals surface area contributed by atoms with Crippen molar-refractivity contribution in [2.45, 2.75) is 11.4 Å². The highest BCUT2D eigenvalue weighted by Gasteiger charge is 2.14. The highest BCUT2D eigenvalue weighted by atomic mass is 35.5. The minimum Gasteiger partial charge on any atom is -0.207 e. The molecule has 7 heteroatoms. The molecule has 2 aromatic carbocycles. The molecule has 21 heavy (non-hydrogen) atoms. The minimum absolute atomic E-state index is 0.0367. The highest BCUT2D eigenvalue weighted by molar-refractivity contribution is 7.89. The van der Waals surface area contributed by atoms with Gasteiger partial charge in [0.2, 0.25) is 10.0 Å². The lowest BCUT2D eigenvalue weighted by atomic mass is 10.2. The van der Waals surface area contributed by atoms with Gasteiger partial charge in [0.05, 0.1) is 16.5 Å². The van der Waals surface area contributed by atoms with E-state index in [4.69, 9.17) is 28.5 Å². The molecule has 0 heterocycles. The summed E-state index contributed by atoms with van der Waals surface area (Å²) < 4.78 is 26.8. The van der Waals surface area contributed by atoms with Gasteiger partial charge in [0, 0.05) is 16.6 Å². The van der Waals surface area contributed by atoms with Gasteiger partial charge in [0.25, 0.3) is 0 Å². The second-order valence-electron chi connectivity index (χ2n) is 4.24. The molecule has 1 N–H and O–H groups in total. The van der Waals surface area contributed by atoms with Crippen molar-refractivity contribution in [3.05, 3.63) is 63.6 Å². The van der Waals surface area contributed by atoms with Crippen molar-refractivity contribution >= 4 is 33.2 Å². The SMILES string of the molecule is N#Cc1cccc(S(=O)(=O)NCc2cc(Cl)cc(Cl)c2)c1. The van der Waals surface area contributed by atoms with Crippen molar-refractivity contribution in [3.63, 3.8) is 0 Å². The van der Waals surface area contributed by atoms with Gasteiger partial charge in [-0.1, -0.05) is 29.3 Å². The van der Waals surface area contributed by atoms with Crippen molar-refractivity contribution in [1.82, 2.24) is 4.72 Å². The second kappa shape index (κ2) is 6.46. The van der Waals surface area contributed by atoms with Gasteiger partial charge in [-0.15, -0.1) is 0 Å². The van der Waals surface area contributed by atoms with Crippen molar-refractivity contribution in [2.75, 3.05) is 0 Å². The van der Waals surface area contributed by atoms with E-state index < -0.39 is 10.0 Å². The van der Waals surface area contributed by atoms with E-state index in [-0.39, 0.29) is 17.0 Å². The van der Waals surface area contributed by atoms with Crippen LogP contribution in [0.15, 0.2) is 47.4 Å². The molecule has 0 atom stereocenters. The highest BCUT2D eigenvalue weighted by Crippen LogP contribution is 2.19. The van der Waals surface area contributed by atoms with Gasteiger partial charge in [0.1, 0.15) is 0 Å². The summed E-state index contributed by atoms with van der Waals surface area (Å²) >= 11 is 11.7. The van der Waals surface area contributed by atoms with Crippen LogP contribution in [0.25, 0.3) is 0 Å². The summed E-state index contributed by atoms with van der Waals surface area (Å²) in [6, 6.07) is 12.5. The Kier molecular flexibility index (Phi) is 4.86. The number of halogens is 2.